The summed E-state index contributed by atoms with van der Waals surface area (Å²) in [7, 11) is 1.74. The number of aliphatic hydroxyl groups is 1. The molecule has 0 aliphatic heterocycles. The topological polar surface area (TPSA) is 32.3 Å². The van der Waals surface area contributed by atoms with Crippen LogP contribution in [0.5, 0.6) is 0 Å². The van der Waals surface area contributed by atoms with Gasteiger partial charge < -0.3 is 10.4 Å². The Morgan fingerprint density at radius 3 is 2.92 bits per heavy atom. The van der Waals surface area contributed by atoms with Crippen molar-refractivity contribution < 1.29 is 9.50 Å². The van der Waals surface area contributed by atoms with Crippen molar-refractivity contribution in [2.75, 3.05) is 13.6 Å². The number of hydrogen-bond acceptors (Lipinski definition) is 2. The zero-order valence-electron chi connectivity index (χ0n) is 6.92. The number of rotatable bonds is 3. The first-order valence-electron chi connectivity index (χ1n) is 3.82. The van der Waals surface area contributed by atoms with Gasteiger partial charge in [-0.05, 0) is 24.7 Å². The Hall–Kier alpha value is -0.930. The van der Waals surface area contributed by atoms with Gasteiger partial charge in [0.25, 0.3) is 0 Å². The highest BCUT2D eigenvalue weighted by Crippen LogP contribution is 2.12. The molecule has 1 atom stereocenters. The molecule has 0 fully saturated rings. The van der Waals surface area contributed by atoms with E-state index in [-0.39, 0.29) is 5.82 Å². The van der Waals surface area contributed by atoms with E-state index in [1.807, 2.05) is 0 Å². The summed E-state index contributed by atoms with van der Waals surface area (Å²) in [5, 5.41) is 12.2. The summed E-state index contributed by atoms with van der Waals surface area (Å²) in [6.45, 7) is 0.434. The van der Waals surface area contributed by atoms with E-state index in [1.165, 1.54) is 12.1 Å². The molecular formula is C9H12FNO. The molecule has 1 unspecified atom stereocenters. The Morgan fingerprint density at radius 1 is 1.58 bits per heavy atom. The molecule has 0 aliphatic carbocycles. The van der Waals surface area contributed by atoms with Gasteiger partial charge in [-0.15, -0.1) is 0 Å². The summed E-state index contributed by atoms with van der Waals surface area (Å²) in [5.41, 5.74) is 0.601. The molecular weight excluding hydrogens is 157 g/mol. The molecule has 12 heavy (non-hydrogen) atoms. The van der Waals surface area contributed by atoms with Gasteiger partial charge >= 0.3 is 0 Å². The molecule has 0 aliphatic rings. The van der Waals surface area contributed by atoms with Crippen molar-refractivity contribution in [1.82, 2.24) is 5.32 Å². The third-order valence-electron chi connectivity index (χ3n) is 1.63. The molecule has 2 N–H and O–H groups in total. The molecule has 66 valence electrons. The summed E-state index contributed by atoms with van der Waals surface area (Å²) in [6, 6.07) is 5.98. The molecule has 0 saturated carbocycles. The Kier molecular flexibility index (Phi) is 3.19. The highest BCUT2D eigenvalue weighted by atomic mass is 19.1. The molecule has 1 rings (SSSR count). The van der Waals surface area contributed by atoms with Crippen LogP contribution >= 0.6 is 0 Å². The number of hydrogen-bond donors (Lipinski definition) is 2. The van der Waals surface area contributed by atoms with Crippen LogP contribution in [0, 0.1) is 5.82 Å². The second kappa shape index (κ2) is 4.18. The first-order chi connectivity index (χ1) is 5.74. The zero-order valence-corrected chi connectivity index (χ0v) is 6.92. The van der Waals surface area contributed by atoms with Gasteiger partial charge in [-0.25, -0.2) is 4.39 Å². The smallest absolute Gasteiger partial charge is 0.123 e. The van der Waals surface area contributed by atoms with Crippen molar-refractivity contribution in [2.45, 2.75) is 6.10 Å². The molecule has 0 heterocycles. The van der Waals surface area contributed by atoms with Gasteiger partial charge in [0.2, 0.25) is 0 Å². The largest absolute Gasteiger partial charge is 0.387 e. The number of nitrogens with one attached hydrogen (secondary N) is 1. The van der Waals surface area contributed by atoms with Crippen LogP contribution in [0.15, 0.2) is 24.3 Å². The van der Waals surface area contributed by atoms with E-state index in [4.69, 9.17) is 0 Å². The number of halogens is 1. The number of benzene rings is 1. The minimum absolute atomic E-state index is 0.317. The minimum Gasteiger partial charge on any atom is -0.387 e. The van der Waals surface area contributed by atoms with E-state index >= 15 is 0 Å². The first kappa shape index (κ1) is 9.16. The van der Waals surface area contributed by atoms with Crippen molar-refractivity contribution in [1.29, 1.82) is 0 Å². The van der Waals surface area contributed by atoms with Crippen LogP contribution in [0.25, 0.3) is 0 Å². The van der Waals surface area contributed by atoms with Gasteiger partial charge in [0, 0.05) is 6.54 Å². The predicted octanol–water partition coefficient (Wildman–Crippen LogP) is 1.08. The van der Waals surface area contributed by atoms with Crippen molar-refractivity contribution in [3.63, 3.8) is 0 Å². The molecule has 0 bridgehead atoms. The van der Waals surface area contributed by atoms with Gasteiger partial charge in [-0.1, -0.05) is 12.1 Å². The van der Waals surface area contributed by atoms with E-state index in [2.05, 4.69) is 5.32 Å². The maximum Gasteiger partial charge on any atom is 0.123 e. The van der Waals surface area contributed by atoms with Gasteiger partial charge in [-0.2, -0.15) is 0 Å². The van der Waals surface area contributed by atoms with Crippen LogP contribution in [-0.4, -0.2) is 18.7 Å². The van der Waals surface area contributed by atoms with Crippen molar-refractivity contribution in [2.24, 2.45) is 0 Å². The van der Waals surface area contributed by atoms with Crippen LogP contribution in [-0.2, 0) is 0 Å². The second-order valence-corrected chi connectivity index (χ2v) is 2.63. The first-order valence-corrected chi connectivity index (χ1v) is 3.82. The van der Waals surface area contributed by atoms with E-state index < -0.39 is 6.10 Å². The molecule has 0 amide bonds. The Labute approximate surface area is 71.0 Å². The second-order valence-electron chi connectivity index (χ2n) is 2.63. The van der Waals surface area contributed by atoms with Gasteiger partial charge in [-0.3, -0.25) is 0 Å². The van der Waals surface area contributed by atoms with Crippen LogP contribution in [0.2, 0.25) is 0 Å². The highest BCUT2D eigenvalue weighted by Gasteiger charge is 2.05. The van der Waals surface area contributed by atoms with Crippen LogP contribution in [0.1, 0.15) is 11.7 Å². The third kappa shape index (κ3) is 2.29. The fourth-order valence-electron chi connectivity index (χ4n) is 1.03. The molecule has 0 radical (unpaired) electrons. The lowest BCUT2D eigenvalue weighted by atomic mass is 10.1. The molecule has 0 saturated heterocycles. The summed E-state index contributed by atoms with van der Waals surface area (Å²) >= 11 is 0. The molecule has 0 aromatic heterocycles. The lowest BCUT2D eigenvalue weighted by molar-refractivity contribution is 0.177. The average molecular weight is 169 g/mol. The van der Waals surface area contributed by atoms with Crippen molar-refractivity contribution in [3.05, 3.63) is 35.6 Å². The van der Waals surface area contributed by atoms with Crippen molar-refractivity contribution in [3.8, 4) is 0 Å². The van der Waals surface area contributed by atoms with Gasteiger partial charge in [0.1, 0.15) is 5.82 Å². The summed E-state index contributed by atoms with van der Waals surface area (Å²) < 4.78 is 12.6. The van der Waals surface area contributed by atoms with Gasteiger partial charge in [0.15, 0.2) is 0 Å². The van der Waals surface area contributed by atoms with Crippen LogP contribution in [0.4, 0.5) is 4.39 Å². The molecule has 2 nitrogen and oxygen atoms in total. The summed E-state index contributed by atoms with van der Waals surface area (Å²) in [4.78, 5) is 0. The number of aliphatic hydroxyl groups excluding tert-OH is 1. The normalized spacial score (nSPS) is 12.9. The maximum absolute atomic E-state index is 12.6. The summed E-state index contributed by atoms with van der Waals surface area (Å²) in [6.07, 6.45) is -0.634. The number of likely N-dealkylation sites (N-methyl/N-ethyl adjacent to an activating group) is 1. The van der Waals surface area contributed by atoms with Crippen molar-refractivity contribution >= 4 is 0 Å². The summed E-state index contributed by atoms with van der Waals surface area (Å²) in [5.74, 6) is -0.317. The van der Waals surface area contributed by atoms with E-state index in [0.717, 1.165) is 0 Å². The fraction of sp³-hybridized carbons (Fsp3) is 0.333. The van der Waals surface area contributed by atoms with E-state index in [0.29, 0.717) is 12.1 Å². The van der Waals surface area contributed by atoms with Crippen LogP contribution < -0.4 is 5.32 Å². The monoisotopic (exact) mass is 169 g/mol. The van der Waals surface area contributed by atoms with Crippen LogP contribution in [0.3, 0.4) is 0 Å². The molecule has 3 heteroatoms. The lowest BCUT2D eigenvalue weighted by Crippen LogP contribution is -2.16. The Balaban J connectivity index is 2.73. The van der Waals surface area contributed by atoms with E-state index in [9.17, 15) is 9.50 Å². The molecule has 0 spiro atoms. The predicted molar refractivity (Wildman–Crippen MR) is 45.3 cm³/mol. The lowest BCUT2D eigenvalue weighted by Gasteiger charge is -2.09. The average Bonchev–Trinajstić information content (AvgIpc) is 2.05. The van der Waals surface area contributed by atoms with Gasteiger partial charge in [0.05, 0.1) is 6.10 Å². The third-order valence-corrected chi connectivity index (χ3v) is 1.63. The zero-order chi connectivity index (χ0) is 8.97. The van der Waals surface area contributed by atoms with E-state index in [1.54, 1.807) is 19.2 Å². The Morgan fingerprint density at radius 2 is 2.33 bits per heavy atom. The SMILES string of the molecule is CNCC(O)c1cccc(F)c1. The molecule has 1 aromatic carbocycles. The Bertz CT molecular complexity index is 252. The molecule has 1 aromatic rings. The minimum atomic E-state index is -0.634. The quantitative estimate of drug-likeness (QED) is 0.709. The fourth-order valence-corrected chi connectivity index (χ4v) is 1.03. The standard InChI is InChI=1S/C9H12FNO/c1-11-6-9(12)7-3-2-4-8(10)5-7/h2-5,9,11-12H,6H2,1H3. The maximum atomic E-state index is 12.6. The highest BCUT2D eigenvalue weighted by molar-refractivity contribution is 5.18.